The number of hydrogen-bond donors (Lipinski definition) is 0. The molecule has 0 heterocycles. The number of ether oxygens (including phenoxy) is 3. The Balaban J connectivity index is 4.17. The predicted molar refractivity (Wildman–Crippen MR) is 270 cm³/mol. The number of esters is 2. The van der Waals surface area contributed by atoms with Crippen LogP contribution in [0.5, 0.6) is 0 Å². The molecule has 1 unspecified atom stereocenters. The van der Waals surface area contributed by atoms with Gasteiger partial charge in [0.25, 0.3) is 0 Å². The Morgan fingerprint density at radius 3 is 0.823 bits per heavy atom. The fraction of sp³-hybridized carbons (Fsp3) is 0.965. The summed E-state index contributed by atoms with van der Waals surface area (Å²) in [7, 11) is 0. The van der Waals surface area contributed by atoms with E-state index in [0.717, 1.165) is 32.1 Å². The van der Waals surface area contributed by atoms with E-state index in [4.69, 9.17) is 14.2 Å². The third-order valence-electron chi connectivity index (χ3n) is 13.1. The molecule has 0 bridgehead atoms. The van der Waals surface area contributed by atoms with Crippen LogP contribution in [0.25, 0.3) is 0 Å². The van der Waals surface area contributed by atoms with E-state index in [-0.39, 0.29) is 18.5 Å². The summed E-state index contributed by atoms with van der Waals surface area (Å²) in [5.41, 5.74) is 0. The van der Waals surface area contributed by atoms with Crippen LogP contribution in [0.1, 0.15) is 329 Å². The van der Waals surface area contributed by atoms with E-state index in [1.807, 2.05) is 0 Å². The van der Waals surface area contributed by atoms with Gasteiger partial charge in [0.1, 0.15) is 6.61 Å². The van der Waals surface area contributed by atoms with Gasteiger partial charge >= 0.3 is 11.9 Å². The smallest absolute Gasteiger partial charge is 0.306 e. The Morgan fingerprint density at radius 1 is 0.290 bits per heavy atom. The molecule has 0 saturated carbocycles. The van der Waals surface area contributed by atoms with Crippen molar-refractivity contribution in [2.75, 3.05) is 19.8 Å². The van der Waals surface area contributed by atoms with Crippen molar-refractivity contribution in [2.24, 2.45) is 0 Å². The zero-order valence-electron chi connectivity index (χ0n) is 42.7. The van der Waals surface area contributed by atoms with Crippen molar-refractivity contribution in [3.63, 3.8) is 0 Å². The van der Waals surface area contributed by atoms with Gasteiger partial charge in [-0.25, -0.2) is 0 Å². The van der Waals surface area contributed by atoms with Crippen LogP contribution in [-0.4, -0.2) is 37.9 Å². The molecule has 0 spiro atoms. The van der Waals surface area contributed by atoms with Gasteiger partial charge in [0, 0.05) is 19.4 Å². The molecule has 62 heavy (non-hydrogen) atoms. The second-order valence-corrected chi connectivity index (χ2v) is 19.6. The van der Waals surface area contributed by atoms with Crippen LogP contribution in [-0.2, 0) is 23.8 Å². The maximum atomic E-state index is 12.8. The lowest BCUT2D eigenvalue weighted by atomic mass is 10.0. The Hall–Kier alpha value is -1.10. The van der Waals surface area contributed by atoms with Crippen molar-refractivity contribution in [3.8, 4) is 0 Å². The van der Waals surface area contributed by atoms with Gasteiger partial charge in [-0.3, -0.25) is 9.59 Å². The maximum absolute atomic E-state index is 12.8. The Kier molecular flexibility index (Phi) is 53.3. The summed E-state index contributed by atoms with van der Waals surface area (Å²) >= 11 is 0. The van der Waals surface area contributed by atoms with E-state index < -0.39 is 6.10 Å². The Labute approximate surface area is 389 Å². The van der Waals surface area contributed by atoms with E-state index in [1.54, 1.807) is 0 Å². The minimum atomic E-state index is -0.523. The summed E-state index contributed by atoms with van der Waals surface area (Å²) in [6.45, 7) is 7.92. The van der Waals surface area contributed by atoms with E-state index in [9.17, 15) is 9.59 Å². The molecule has 1 atom stereocenters. The number of unbranched alkanes of at least 4 members (excludes halogenated alkanes) is 43. The average Bonchev–Trinajstić information content (AvgIpc) is 3.27. The SMILES string of the molecule is CCCCCCCCCCCCCCCCCCCC(=O)OCC(COCCCCCCCCCCCCCCCC)OC(=O)CCCCCCCCCCCCCCCCC. The van der Waals surface area contributed by atoms with Gasteiger partial charge in [-0.15, -0.1) is 0 Å². The first-order valence-corrected chi connectivity index (χ1v) is 28.6. The molecular weight excluding hydrogens is 765 g/mol. The van der Waals surface area contributed by atoms with Crippen molar-refractivity contribution >= 4 is 11.9 Å². The molecule has 0 N–H and O–H groups in total. The zero-order chi connectivity index (χ0) is 44.9. The lowest BCUT2D eigenvalue weighted by Gasteiger charge is -2.18. The highest BCUT2D eigenvalue weighted by Crippen LogP contribution is 2.17. The first-order valence-electron chi connectivity index (χ1n) is 28.6. The quantitative estimate of drug-likeness (QED) is 0.0450. The third kappa shape index (κ3) is 51.5. The van der Waals surface area contributed by atoms with Gasteiger partial charge in [-0.1, -0.05) is 297 Å². The van der Waals surface area contributed by atoms with Crippen LogP contribution >= 0.6 is 0 Å². The molecule has 5 nitrogen and oxygen atoms in total. The van der Waals surface area contributed by atoms with Crippen molar-refractivity contribution in [3.05, 3.63) is 0 Å². The van der Waals surface area contributed by atoms with Gasteiger partial charge in [0.15, 0.2) is 6.10 Å². The Bertz CT molecular complexity index is 860. The molecule has 0 aromatic carbocycles. The first-order chi connectivity index (χ1) is 30.6. The normalized spacial score (nSPS) is 12.0. The summed E-state index contributed by atoms with van der Waals surface area (Å²) in [6, 6.07) is 0. The summed E-state index contributed by atoms with van der Waals surface area (Å²) in [5.74, 6) is -0.365. The second kappa shape index (κ2) is 54.2. The van der Waals surface area contributed by atoms with E-state index in [1.165, 1.54) is 263 Å². The Morgan fingerprint density at radius 2 is 0.532 bits per heavy atom. The number of hydrogen-bond acceptors (Lipinski definition) is 5. The largest absolute Gasteiger partial charge is 0.462 e. The minimum absolute atomic E-state index is 0.0983. The molecule has 0 saturated heterocycles. The molecule has 0 fully saturated rings. The van der Waals surface area contributed by atoms with Crippen molar-refractivity contribution < 1.29 is 23.8 Å². The zero-order valence-corrected chi connectivity index (χ0v) is 42.7. The highest BCUT2D eigenvalue weighted by atomic mass is 16.6. The van der Waals surface area contributed by atoms with Gasteiger partial charge in [-0.2, -0.15) is 0 Å². The monoisotopic (exact) mass is 877 g/mol. The fourth-order valence-electron chi connectivity index (χ4n) is 8.87. The maximum Gasteiger partial charge on any atom is 0.306 e. The van der Waals surface area contributed by atoms with E-state index in [2.05, 4.69) is 20.8 Å². The van der Waals surface area contributed by atoms with Crippen LogP contribution in [0.4, 0.5) is 0 Å². The molecule has 0 rings (SSSR count). The summed E-state index contributed by atoms with van der Waals surface area (Å²) in [6.07, 6.45) is 61.1. The highest BCUT2D eigenvalue weighted by molar-refractivity contribution is 5.70. The van der Waals surface area contributed by atoms with Crippen molar-refractivity contribution in [1.82, 2.24) is 0 Å². The molecule has 0 aromatic heterocycles. The molecular formula is C57H112O5. The first kappa shape index (κ1) is 60.9. The van der Waals surface area contributed by atoms with Crippen molar-refractivity contribution in [1.29, 1.82) is 0 Å². The van der Waals surface area contributed by atoms with Gasteiger partial charge < -0.3 is 14.2 Å². The summed E-state index contributed by atoms with van der Waals surface area (Å²) in [5, 5.41) is 0. The van der Waals surface area contributed by atoms with Gasteiger partial charge in [0.05, 0.1) is 6.61 Å². The predicted octanol–water partition coefficient (Wildman–Crippen LogP) is 19.2. The molecule has 0 aliphatic carbocycles. The molecule has 0 amide bonds. The van der Waals surface area contributed by atoms with E-state index >= 15 is 0 Å². The molecule has 370 valence electrons. The molecule has 5 heteroatoms. The lowest BCUT2D eigenvalue weighted by Crippen LogP contribution is -2.30. The fourth-order valence-corrected chi connectivity index (χ4v) is 8.87. The summed E-state index contributed by atoms with van der Waals surface area (Å²) < 4.78 is 17.5. The molecule has 0 aromatic rings. The summed E-state index contributed by atoms with van der Waals surface area (Å²) in [4.78, 5) is 25.5. The molecule has 0 aliphatic heterocycles. The third-order valence-corrected chi connectivity index (χ3v) is 13.1. The molecule has 0 aliphatic rings. The molecule has 0 radical (unpaired) electrons. The lowest BCUT2D eigenvalue weighted by molar-refractivity contribution is -0.163. The van der Waals surface area contributed by atoms with Crippen LogP contribution in [0.15, 0.2) is 0 Å². The van der Waals surface area contributed by atoms with Crippen LogP contribution in [0.2, 0.25) is 0 Å². The number of rotatable bonds is 54. The van der Waals surface area contributed by atoms with Crippen molar-refractivity contribution in [2.45, 2.75) is 335 Å². The van der Waals surface area contributed by atoms with E-state index in [0.29, 0.717) is 26.1 Å². The van der Waals surface area contributed by atoms with Crippen LogP contribution in [0.3, 0.4) is 0 Å². The standard InChI is InChI=1S/C57H112O5/c1-4-7-10-13-16-19-22-25-28-29-31-32-35-38-41-44-47-50-56(58)61-54-55(53-60-52-49-46-43-40-37-34-27-24-21-18-15-12-9-6-3)62-57(59)51-48-45-42-39-36-33-30-26-23-20-17-14-11-8-5-2/h55H,4-54H2,1-3H3. The number of carbonyl (C=O) groups excluding carboxylic acids is 2. The second-order valence-electron chi connectivity index (χ2n) is 19.6. The minimum Gasteiger partial charge on any atom is -0.462 e. The van der Waals surface area contributed by atoms with Crippen LogP contribution < -0.4 is 0 Å². The van der Waals surface area contributed by atoms with Gasteiger partial charge in [0.2, 0.25) is 0 Å². The topological polar surface area (TPSA) is 61.8 Å². The average molecular weight is 878 g/mol. The van der Waals surface area contributed by atoms with Gasteiger partial charge in [-0.05, 0) is 19.3 Å². The van der Waals surface area contributed by atoms with Crippen LogP contribution in [0, 0.1) is 0 Å². The number of carbonyl (C=O) groups is 2. The highest BCUT2D eigenvalue weighted by Gasteiger charge is 2.17.